The van der Waals surface area contributed by atoms with Crippen molar-refractivity contribution in [1.82, 2.24) is 4.98 Å². The number of rotatable bonds is 5. The van der Waals surface area contributed by atoms with Crippen molar-refractivity contribution < 1.29 is 36.3 Å². The summed E-state index contributed by atoms with van der Waals surface area (Å²) in [7, 11) is 0. The van der Waals surface area contributed by atoms with Crippen LogP contribution in [0.25, 0.3) is 0 Å². The smallest absolute Gasteiger partial charge is 0.419 e. The van der Waals surface area contributed by atoms with Crippen LogP contribution in [0.4, 0.5) is 27.6 Å². The van der Waals surface area contributed by atoms with Crippen LogP contribution in [0.1, 0.15) is 26.4 Å². The Balaban J connectivity index is 2.03. The normalized spacial score (nSPS) is 11.2. The summed E-state index contributed by atoms with van der Waals surface area (Å²) in [5.74, 6) is -6.30. The van der Waals surface area contributed by atoms with Crippen molar-refractivity contribution in [2.75, 3.05) is 5.32 Å². The van der Waals surface area contributed by atoms with Crippen molar-refractivity contribution in [2.24, 2.45) is 5.73 Å². The number of anilines is 1. The highest BCUT2D eigenvalue weighted by atomic mass is 35.5. The zero-order valence-electron chi connectivity index (χ0n) is 15.6. The van der Waals surface area contributed by atoms with Crippen molar-refractivity contribution in [1.29, 1.82) is 0 Å². The molecule has 3 aromatic rings. The van der Waals surface area contributed by atoms with Crippen LogP contribution in [0, 0.1) is 11.6 Å². The number of pyridine rings is 1. The number of nitrogens with zero attached hydrogens (tertiary/aromatic N) is 1. The van der Waals surface area contributed by atoms with E-state index in [2.05, 4.69) is 10.3 Å². The molecular formula is C20H11ClF5N3O3. The van der Waals surface area contributed by atoms with Crippen molar-refractivity contribution in [2.45, 2.75) is 6.18 Å². The molecule has 166 valence electrons. The summed E-state index contributed by atoms with van der Waals surface area (Å²) in [6.45, 7) is 0. The van der Waals surface area contributed by atoms with E-state index in [1.165, 1.54) is 12.1 Å². The fourth-order valence-corrected chi connectivity index (χ4v) is 2.72. The van der Waals surface area contributed by atoms with E-state index in [4.69, 9.17) is 22.1 Å². The zero-order chi connectivity index (χ0) is 23.6. The number of carbonyl (C=O) groups is 2. The average molecular weight is 472 g/mol. The van der Waals surface area contributed by atoms with Crippen LogP contribution in [0.3, 0.4) is 0 Å². The van der Waals surface area contributed by atoms with Gasteiger partial charge in [-0.15, -0.1) is 0 Å². The van der Waals surface area contributed by atoms with Gasteiger partial charge in [0.05, 0.1) is 17.4 Å². The topological polar surface area (TPSA) is 94.3 Å². The van der Waals surface area contributed by atoms with Gasteiger partial charge in [-0.3, -0.25) is 9.59 Å². The van der Waals surface area contributed by atoms with Gasteiger partial charge < -0.3 is 15.8 Å². The van der Waals surface area contributed by atoms with Gasteiger partial charge >= 0.3 is 6.18 Å². The molecule has 0 fully saturated rings. The van der Waals surface area contributed by atoms with Gasteiger partial charge in [-0.05, 0) is 42.5 Å². The second kappa shape index (κ2) is 8.79. The van der Waals surface area contributed by atoms with Crippen LogP contribution in [0.5, 0.6) is 11.5 Å². The fourth-order valence-electron chi connectivity index (χ4n) is 2.56. The first-order chi connectivity index (χ1) is 15.0. The lowest BCUT2D eigenvalue weighted by Gasteiger charge is -2.16. The third-order valence-electron chi connectivity index (χ3n) is 4.02. The van der Waals surface area contributed by atoms with Crippen molar-refractivity contribution in [3.05, 3.63) is 82.1 Å². The van der Waals surface area contributed by atoms with Crippen molar-refractivity contribution >= 4 is 29.1 Å². The maximum absolute atomic E-state index is 14.8. The Bertz CT molecular complexity index is 1200. The second-order valence-electron chi connectivity index (χ2n) is 6.23. The molecule has 0 saturated carbocycles. The number of alkyl halides is 3. The molecule has 0 atom stereocenters. The van der Waals surface area contributed by atoms with E-state index < -0.39 is 52.3 Å². The van der Waals surface area contributed by atoms with E-state index in [1.807, 2.05) is 0 Å². The van der Waals surface area contributed by atoms with Crippen LogP contribution in [-0.2, 0) is 6.18 Å². The molecule has 12 heteroatoms. The van der Waals surface area contributed by atoms with E-state index >= 15 is 0 Å². The molecule has 0 unspecified atom stereocenters. The number of nitrogens with one attached hydrogen (secondary N) is 1. The Morgan fingerprint density at radius 2 is 1.72 bits per heavy atom. The van der Waals surface area contributed by atoms with Gasteiger partial charge in [-0.2, -0.15) is 13.2 Å². The number of benzene rings is 2. The first kappa shape index (κ1) is 22.9. The van der Waals surface area contributed by atoms with Gasteiger partial charge in [0.15, 0.2) is 17.4 Å². The molecule has 0 aliphatic carbocycles. The summed E-state index contributed by atoms with van der Waals surface area (Å²) in [5.41, 5.74) is 1.96. The third kappa shape index (κ3) is 4.94. The standard InChI is InChI=1S/C20H11ClF5N3O3/c21-9-1-5-14(12(22)7-9)32-15-6-3-11(20(24,25)26)17(23)16(15)19(31)29-10-2-4-13(18(27)30)28-8-10/h1-8H,(H2,27,30)(H,29,31). The number of carbonyl (C=O) groups excluding carboxylic acids is 2. The molecule has 1 aromatic heterocycles. The first-order valence-corrected chi connectivity index (χ1v) is 8.95. The van der Waals surface area contributed by atoms with Gasteiger partial charge in [0.1, 0.15) is 17.0 Å². The predicted octanol–water partition coefficient (Wildman–Crippen LogP) is 5.18. The maximum atomic E-state index is 14.8. The molecule has 0 aliphatic rings. The van der Waals surface area contributed by atoms with Crippen LogP contribution in [0.2, 0.25) is 5.02 Å². The molecule has 1 heterocycles. The number of ether oxygens (including phenoxy) is 1. The molecule has 0 radical (unpaired) electrons. The Hall–Kier alpha value is -3.73. The number of primary amides is 1. The van der Waals surface area contributed by atoms with Crippen LogP contribution in [0.15, 0.2) is 48.7 Å². The Morgan fingerprint density at radius 3 is 2.28 bits per heavy atom. The summed E-state index contributed by atoms with van der Waals surface area (Å²) < 4.78 is 73.5. The Kier molecular flexibility index (Phi) is 6.30. The Morgan fingerprint density at radius 1 is 1.03 bits per heavy atom. The van der Waals surface area contributed by atoms with Crippen LogP contribution < -0.4 is 15.8 Å². The van der Waals surface area contributed by atoms with Gasteiger partial charge in [0.25, 0.3) is 11.8 Å². The minimum Gasteiger partial charge on any atom is -0.453 e. The van der Waals surface area contributed by atoms with Crippen molar-refractivity contribution in [3.63, 3.8) is 0 Å². The molecule has 2 aromatic carbocycles. The van der Waals surface area contributed by atoms with Gasteiger partial charge in [0.2, 0.25) is 0 Å². The summed E-state index contributed by atoms with van der Waals surface area (Å²) in [6, 6.07) is 6.51. The minimum absolute atomic E-state index is 0.0123. The van der Waals surface area contributed by atoms with E-state index in [1.54, 1.807) is 0 Å². The lowest BCUT2D eigenvalue weighted by molar-refractivity contribution is -0.140. The number of amides is 2. The zero-order valence-corrected chi connectivity index (χ0v) is 16.4. The highest BCUT2D eigenvalue weighted by Crippen LogP contribution is 2.38. The summed E-state index contributed by atoms with van der Waals surface area (Å²) in [4.78, 5) is 27.4. The molecule has 6 nitrogen and oxygen atoms in total. The molecule has 0 saturated heterocycles. The molecular weight excluding hydrogens is 461 g/mol. The molecule has 2 amide bonds. The highest BCUT2D eigenvalue weighted by molar-refractivity contribution is 6.30. The minimum atomic E-state index is -5.12. The van der Waals surface area contributed by atoms with Crippen molar-refractivity contribution in [3.8, 4) is 11.5 Å². The molecule has 3 N–H and O–H groups in total. The van der Waals surface area contributed by atoms with E-state index in [0.29, 0.717) is 12.1 Å². The van der Waals surface area contributed by atoms with Gasteiger partial charge in [-0.25, -0.2) is 13.8 Å². The maximum Gasteiger partial charge on any atom is 0.419 e. The first-order valence-electron chi connectivity index (χ1n) is 8.57. The SMILES string of the molecule is NC(=O)c1ccc(NC(=O)c2c(Oc3ccc(Cl)cc3F)ccc(C(F)(F)F)c2F)cn1. The highest BCUT2D eigenvalue weighted by Gasteiger charge is 2.37. The predicted molar refractivity (Wildman–Crippen MR) is 104 cm³/mol. The number of aromatic nitrogens is 1. The fraction of sp³-hybridized carbons (Fsp3) is 0.0500. The lowest BCUT2D eigenvalue weighted by atomic mass is 10.1. The summed E-state index contributed by atoms with van der Waals surface area (Å²) in [6.07, 6.45) is -4.13. The lowest BCUT2D eigenvalue weighted by Crippen LogP contribution is -2.19. The third-order valence-corrected chi connectivity index (χ3v) is 4.26. The molecule has 3 rings (SSSR count). The van der Waals surface area contributed by atoms with Gasteiger partial charge in [0, 0.05) is 5.02 Å². The van der Waals surface area contributed by atoms with Crippen LogP contribution in [-0.4, -0.2) is 16.8 Å². The van der Waals surface area contributed by atoms with Gasteiger partial charge in [-0.1, -0.05) is 11.6 Å². The molecule has 0 aliphatic heterocycles. The quantitative estimate of drug-likeness (QED) is 0.502. The number of hydrogen-bond donors (Lipinski definition) is 2. The summed E-state index contributed by atoms with van der Waals surface area (Å²) >= 11 is 5.64. The second-order valence-corrected chi connectivity index (χ2v) is 6.66. The van der Waals surface area contributed by atoms with E-state index in [9.17, 15) is 31.5 Å². The van der Waals surface area contributed by atoms with Crippen LogP contribution >= 0.6 is 11.6 Å². The average Bonchev–Trinajstić information content (AvgIpc) is 2.69. The van der Waals surface area contributed by atoms with E-state index in [0.717, 1.165) is 24.4 Å². The Labute approximate surface area is 181 Å². The summed E-state index contributed by atoms with van der Waals surface area (Å²) in [5, 5.41) is 2.15. The molecule has 0 spiro atoms. The molecule has 0 bridgehead atoms. The number of nitrogens with two attached hydrogens (primary N) is 1. The monoisotopic (exact) mass is 471 g/mol. The molecule has 32 heavy (non-hydrogen) atoms. The van der Waals surface area contributed by atoms with E-state index in [-0.39, 0.29) is 16.4 Å². The number of halogens is 6. The largest absolute Gasteiger partial charge is 0.453 e. The number of hydrogen-bond acceptors (Lipinski definition) is 4.